The van der Waals surface area contributed by atoms with E-state index in [-0.39, 0.29) is 45.2 Å². The molecular weight excluding hydrogens is 706 g/mol. The third kappa shape index (κ3) is 15.7. The van der Waals surface area contributed by atoms with E-state index < -0.39 is 47.1 Å². The fraction of sp³-hybridized carbons (Fsp3) is 0.649. The fourth-order valence-corrected chi connectivity index (χ4v) is 6.16. The normalized spacial score (nSPS) is 16.6. The van der Waals surface area contributed by atoms with Crippen LogP contribution in [-0.4, -0.2) is 129 Å². The molecule has 3 rings (SSSR count). The van der Waals surface area contributed by atoms with Crippen LogP contribution in [0.15, 0.2) is 29.8 Å². The summed E-state index contributed by atoms with van der Waals surface area (Å²) in [5, 5.41) is 18.8. The fourth-order valence-electron chi connectivity index (χ4n) is 5.35. The Morgan fingerprint density at radius 2 is 1.51 bits per heavy atom. The zero-order chi connectivity index (χ0) is 39.0. The van der Waals surface area contributed by atoms with Gasteiger partial charge in [0.2, 0.25) is 17.7 Å². The number of aryl methyl sites for hydroxylation is 1. The molecule has 53 heavy (non-hydrogen) atoms. The number of benzene rings is 1. The molecule has 296 valence electrons. The molecule has 2 aromatic rings. The number of amides is 4. The average molecular weight is 764 g/mol. The lowest BCUT2D eigenvalue weighted by Gasteiger charge is -2.35. The first-order valence-electron chi connectivity index (χ1n) is 17.9. The number of ether oxygens (including phenoxy) is 5. The minimum Gasteiger partial charge on any atom is -0.444 e. The Morgan fingerprint density at radius 3 is 2.08 bits per heavy atom. The zero-order valence-electron chi connectivity index (χ0n) is 32.0. The van der Waals surface area contributed by atoms with Crippen molar-refractivity contribution in [1.82, 2.24) is 25.8 Å². The van der Waals surface area contributed by atoms with Crippen LogP contribution in [0, 0.1) is 12.3 Å². The molecule has 15 nitrogen and oxygen atoms in total. The van der Waals surface area contributed by atoms with Crippen LogP contribution in [0.3, 0.4) is 0 Å². The van der Waals surface area contributed by atoms with Crippen molar-refractivity contribution in [3.63, 3.8) is 0 Å². The minimum atomic E-state index is -0.958. The number of carbonyl (C=O) groups excluding carboxylic acids is 4. The molecule has 1 aliphatic heterocycles. The highest BCUT2D eigenvalue weighted by Gasteiger charge is 2.44. The van der Waals surface area contributed by atoms with Crippen molar-refractivity contribution in [2.75, 3.05) is 65.9 Å². The third-order valence-electron chi connectivity index (χ3n) is 7.98. The summed E-state index contributed by atoms with van der Waals surface area (Å²) in [7, 11) is 0. The number of alkyl carbamates (subject to hydrolysis) is 1. The van der Waals surface area contributed by atoms with Gasteiger partial charge in [-0.2, -0.15) is 0 Å². The van der Waals surface area contributed by atoms with Crippen LogP contribution in [0.1, 0.15) is 59.2 Å². The van der Waals surface area contributed by atoms with Gasteiger partial charge < -0.3 is 49.6 Å². The summed E-state index contributed by atoms with van der Waals surface area (Å²) in [5.41, 5.74) is 3.47. The maximum absolute atomic E-state index is 13.8. The van der Waals surface area contributed by atoms with Gasteiger partial charge in [-0.05, 0) is 44.2 Å². The topological polar surface area (TPSA) is 187 Å². The van der Waals surface area contributed by atoms with Crippen molar-refractivity contribution in [3.05, 3.63) is 41.0 Å². The number of likely N-dealkylation sites (tertiary alicyclic amines) is 1. The van der Waals surface area contributed by atoms with Gasteiger partial charge in [-0.15, -0.1) is 11.3 Å². The van der Waals surface area contributed by atoms with E-state index in [1.165, 1.54) is 4.90 Å². The second kappa shape index (κ2) is 21.3. The molecule has 4 N–H and O–H groups in total. The van der Waals surface area contributed by atoms with E-state index in [9.17, 15) is 24.3 Å². The van der Waals surface area contributed by atoms with Gasteiger partial charge in [0.25, 0.3) is 0 Å². The first kappa shape index (κ1) is 43.7. The number of aliphatic hydroxyl groups excluding tert-OH is 1. The summed E-state index contributed by atoms with van der Waals surface area (Å²) in [6.45, 7) is 15.2. The van der Waals surface area contributed by atoms with Gasteiger partial charge in [0.05, 0.1) is 68.4 Å². The highest BCUT2D eigenvalue weighted by molar-refractivity contribution is 7.13. The molecule has 1 aromatic carbocycles. The highest BCUT2D eigenvalue weighted by Crippen LogP contribution is 2.28. The van der Waals surface area contributed by atoms with Crippen LogP contribution < -0.4 is 16.0 Å². The number of nitrogens with zero attached hydrogens (tertiary/aromatic N) is 2. The Morgan fingerprint density at radius 1 is 0.906 bits per heavy atom. The molecule has 0 aliphatic carbocycles. The average Bonchev–Trinajstić information content (AvgIpc) is 3.70. The maximum atomic E-state index is 13.8. The number of β-amino-alcohol motifs (C(OH)–C–C–N with tert-alkyl or cyclic N) is 1. The lowest BCUT2D eigenvalue weighted by Crippen LogP contribution is -2.58. The molecule has 1 fully saturated rings. The lowest BCUT2D eigenvalue weighted by molar-refractivity contribution is -0.144. The maximum Gasteiger partial charge on any atom is 0.407 e. The molecule has 1 aliphatic rings. The minimum absolute atomic E-state index is 0.0137. The van der Waals surface area contributed by atoms with Crippen LogP contribution in [0.2, 0.25) is 0 Å². The molecule has 0 spiro atoms. The molecular formula is C37H57N5O10S. The van der Waals surface area contributed by atoms with Crippen molar-refractivity contribution in [3.8, 4) is 10.4 Å². The Balaban J connectivity index is 1.32. The van der Waals surface area contributed by atoms with Crippen LogP contribution in [-0.2, 0) is 44.6 Å². The van der Waals surface area contributed by atoms with Crippen molar-refractivity contribution in [1.29, 1.82) is 0 Å². The summed E-state index contributed by atoms with van der Waals surface area (Å²) in [5.74, 6) is -1.30. The molecule has 0 saturated carbocycles. The van der Waals surface area contributed by atoms with E-state index in [2.05, 4.69) is 20.9 Å². The largest absolute Gasteiger partial charge is 0.444 e. The quantitative estimate of drug-likeness (QED) is 0.145. The molecule has 4 amide bonds. The molecule has 1 saturated heterocycles. The van der Waals surface area contributed by atoms with Crippen LogP contribution in [0.4, 0.5) is 4.79 Å². The van der Waals surface area contributed by atoms with Gasteiger partial charge in [-0.1, -0.05) is 45.0 Å². The van der Waals surface area contributed by atoms with E-state index >= 15 is 0 Å². The second-order valence-electron chi connectivity index (χ2n) is 14.8. The third-order valence-corrected chi connectivity index (χ3v) is 8.95. The van der Waals surface area contributed by atoms with Gasteiger partial charge in [-0.25, -0.2) is 9.78 Å². The zero-order valence-corrected chi connectivity index (χ0v) is 32.8. The van der Waals surface area contributed by atoms with Gasteiger partial charge in [0.15, 0.2) is 0 Å². The number of nitrogens with one attached hydrogen (secondary N) is 3. The highest BCUT2D eigenvalue weighted by atomic mass is 32.1. The Bertz CT molecular complexity index is 1460. The second-order valence-corrected chi connectivity index (χ2v) is 15.6. The number of aliphatic hydroxyl groups is 1. The molecule has 0 bridgehead atoms. The number of rotatable bonds is 20. The van der Waals surface area contributed by atoms with E-state index in [1.807, 2.05) is 57.5 Å². The molecule has 1 aromatic heterocycles. The SMILES string of the molecule is Cc1ncsc1-c1ccc(CNC(=O)[C@@H]2C[C@@H](O)CN2C(=O)[C@@H](NC(=O)COCCOCCOCCOCCNC(=O)OC(C)(C)C)C(C)(C)C)cc1. The van der Waals surface area contributed by atoms with E-state index in [1.54, 1.807) is 32.1 Å². The van der Waals surface area contributed by atoms with Crippen molar-refractivity contribution in [2.24, 2.45) is 5.41 Å². The van der Waals surface area contributed by atoms with Crippen LogP contribution >= 0.6 is 11.3 Å². The van der Waals surface area contributed by atoms with Gasteiger partial charge in [0.1, 0.15) is 24.3 Å². The van der Waals surface area contributed by atoms with Crippen LogP contribution in [0.5, 0.6) is 0 Å². The predicted molar refractivity (Wildman–Crippen MR) is 199 cm³/mol. The standard InChI is InChI=1S/C37H57N5O10S/c1-25-31(53-24-40-25)27-10-8-26(9-11-27)21-39-33(45)29-20-28(43)22-42(29)34(46)32(36(2,3)4)41-30(44)23-51-19-18-50-17-16-49-15-14-48-13-12-38-35(47)52-37(5,6)7/h8-11,24,28-29,32,43H,12-23H2,1-7H3,(H,38,47)(H,39,45)(H,41,44)/t28-,29+,32-/m1/s1. The van der Waals surface area contributed by atoms with Gasteiger partial charge in [0, 0.05) is 26.1 Å². The van der Waals surface area contributed by atoms with E-state index in [0.717, 1.165) is 21.7 Å². The first-order chi connectivity index (χ1) is 25.0. The summed E-state index contributed by atoms with van der Waals surface area (Å²) in [6.07, 6.45) is -1.26. The summed E-state index contributed by atoms with van der Waals surface area (Å²) >= 11 is 1.57. The number of thiazole rings is 1. The molecule has 16 heteroatoms. The van der Waals surface area contributed by atoms with Crippen molar-refractivity contribution >= 4 is 35.2 Å². The number of hydrogen-bond donors (Lipinski definition) is 4. The smallest absolute Gasteiger partial charge is 0.407 e. The van der Waals surface area contributed by atoms with Gasteiger partial charge in [-0.3, -0.25) is 14.4 Å². The Labute approximate surface area is 316 Å². The number of hydrogen-bond acceptors (Lipinski definition) is 12. The van der Waals surface area contributed by atoms with Crippen LogP contribution in [0.25, 0.3) is 10.4 Å². The van der Waals surface area contributed by atoms with E-state index in [0.29, 0.717) is 39.6 Å². The predicted octanol–water partition coefficient (Wildman–Crippen LogP) is 2.82. The van der Waals surface area contributed by atoms with Gasteiger partial charge >= 0.3 is 6.09 Å². The summed E-state index contributed by atoms with van der Waals surface area (Å²) in [6, 6.07) is 6.01. The van der Waals surface area contributed by atoms with Crippen molar-refractivity contribution in [2.45, 2.75) is 85.2 Å². The Hall–Kier alpha value is -3.67. The number of carbonyl (C=O) groups is 4. The molecule has 0 radical (unpaired) electrons. The molecule has 3 atom stereocenters. The number of aromatic nitrogens is 1. The monoisotopic (exact) mass is 763 g/mol. The lowest BCUT2D eigenvalue weighted by atomic mass is 9.85. The molecule has 0 unspecified atom stereocenters. The summed E-state index contributed by atoms with van der Waals surface area (Å²) in [4.78, 5) is 58.3. The first-order valence-corrected chi connectivity index (χ1v) is 18.8. The Kier molecular flexibility index (Phi) is 17.6. The molecule has 2 heterocycles. The summed E-state index contributed by atoms with van der Waals surface area (Å²) < 4.78 is 26.9. The van der Waals surface area contributed by atoms with Crippen molar-refractivity contribution < 1.29 is 48.0 Å². The van der Waals surface area contributed by atoms with E-state index in [4.69, 9.17) is 23.7 Å².